The van der Waals surface area contributed by atoms with E-state index in [0.29, 0.717) is 17.9 Å². The number of nitrogens with zero attached hydrogens (tertiary/aromatic N) is 2. The number of hydrogen-bond acceptors (Lipinski definition) is 7. The maximum atomic E-state index is 11.7. The molecule has 0 atom stereocenters. The van der Waals surface area contributed by atoms with Crippen molar-refractivity contribution in [2.75, 3.05) is 6.61 Å². The van der Waals surface area contributed by atoms with Crippen molar-refractivity contribution >= 4 is 12.1 Å². The Kier molecular flexibility index (Phi) is 6.04. The van der Waals surface area contributed by atoms with E-state index in [9.17, 15) is 19.5 Å². The smallest absolute Gasteiger partial charge is 0.342 e. The van der Waals surface area contributed by atoms with E-state index in [-0.39, 0.29) is 24.3 Å². The highest BCUT2D eigenvalue weighted by atomic mass is 16.5. The molecule has 0 spiro atoms. The summed E-state index contributed by atoms with van der Waals surface area (Å²) in [5.41, 5.74) is 1.66. The van der Waals surface area contributed by atoms with Gasteiger partial charge in [0.05, 0.1) is 12.8 Å². The van der Waals surface area contributed by atoms with Gasteiger partial charge in [-0.15, -0.1) is 0 Å². The second-order valence-electron chi connectivity index (χ2n) is 4.91. The van der Waals surface area contributed by atoms with E-state index in [0.717, 1.165) is 0 Å². The van der Waals surface area contributed by atoms with Crippen LogP contribution in [0.2, 0.25) is 0 Å². The molecule has 0 saturated carbocycles. The van der Waals surface area contributed by atoms with Crippen LogP contribution in [0, 0.1) is 0 Å². The molecule has 25 heavy (non-hydrogen) atoms. The van der Waals surface area contributed by atoms with Gasteiger partial charge in [0.15, 0.2) is 11.5 Å². The van der Waals surface area contributed by atoms with Crippen LogP contribution in [-0.2, 0) is 11.2 Å². The van der Waals surface area contributed by atoms with Crippen molar-refractivity contribution in [2.45, 2.75) is 19.8 Å². The van der Waals surface area contributed by atoms with Crippen LogP contribution in [0.4, 0.5) is 0 Å². The average Bonchev–Trinajstić information content (AvgIpc) is 2.57. The minimum Gasteiger partial charge on any atom is -0.504 e. The van der Waals surface area contributed by atoms with Gasteiger partial charge in [-0.3, -0.25) is 14.6 Å². The lowest BCUT2D eigenvalue weighted by molar-refractivity contribution is -0.121. The molecule has 0 bridgehead atoms. The number of rotatable bonds is 7. The first-order valence-electron chi connectivity index (χ1n) is 7.45. The first-order chi connectivity index (χ1) is 12.0. The Labute approximate surface area is 141 Å². The van der Waals surface area contributed by atoms with Crippen molar-refractivity contribution in [2.24, 2.45) is 5.10 Å². The number of benzene rings is 1. The van der Waals surface area contributed by atoms with E-state index >= 15 is 0 Å². The molecule has 1 amide bonds. The molecular formula is C15H17N5O5. The summed E-state index contributed by atoms with van der Waals surface area (Å²) in [4.78, 5) is 36.0. The van der Waals surface area contributed by atoms with Gasteiger partial charge < -0.3 is 9.84 Å². The van der Waals surface area contributed by atoms with Gasteiger partial charge in [0.2, 0.25) is 5.91 Å². The van der Waals surface area contributed by atoms with Gasteiger partial charge in [-0.2, -0.15) is 10.2 Å². The molecule has 0 aliphatic carbocycles. The molecule has 2 aromatic rings. The summed E-state index contributed by atoms with van der Waals surface area (Å²) in [5, 5.41) is 19.1. The predicted molar refractivity (Wildman–Crippen MR) is 88.8 cm³/mol. The molecule has 2 rings (SSSR count). The van der Waals surface area contributed by atoms with E-state index < -0.39 is 17.2 Å². The molecule has 0 radical (unpaired) electrons. The number of carbonyl (C=O) groups excluding carboxylic acids is 1. The number of aromatic hydroxyl groups is 1. The fourth-order valence-electron chi connectivity index (χ4n) is 1.89. The van der Waals surface area contributed by atoms with Crippen LogP contribution in [0.25, 0.3) is 0 Å². The zero-order valence-corrected chi connectivity index (χ0v) is 13.4. The number of aromatic nitrogens is 3. The molecule has 1 aromatic heterocycles. The number of carbonyl (C=O) groups is 1. The molecule has 0 aliphatic rings. The Bertz CT molecular complexity index is 886. The van der Waals surface area contributed by atoms with Gasteiger partial charge in [-0.25, -0.2) is 15.3 Å². The second kappa shape index (κ2) is 8.43. The fourth-order valence-corrected chi connectivity index (χ4v) is 1.89. The molecule has 1 aromatic carbocycles. The molecule has 132 valence electrons. The van der Waals surface area contributed by atoms with Crippen molar-refractivity contribution in [1.82, 2.24) is 20.6 Å². The van der Waals surface area contributed by atoms with E-state index in [1.54, 1.807) is 19.1 Å². The number of nitrogens with one attached hydrogen (secondary N) is 3. The number of hydrogen-bond donors (Lipinski definition) is 4. The fraction of sp³-hybridized carbons (Fsp3) is 0.267. The lowest BCUT2D eigenvalue weighted by Crippen LogP contribution is -2.28. The molecule has 1 heterocycles. The highest BCUT2D eigenvalue weighted by Crippen LogP contribution is 2.26. The van der Waals surface area contributed by atoms with E-state index in [1.807, 2.05) is 4.98 Å². The molecule has 0 saturated heterocycles. The summed E-state index contributed by atoms with van der Waals surface area (Å²) in [7, 11) is 0. The first-order valence-corrected chi connectivity index (χ1v) is 7.45. The van der Waals surface area contributed by atoms with E-state index in [4.69, 9.17) is 4.74 Å². The summed E-state index contributed by atoms with van der Waals surface area (Å²) in [6, 6.07) is 4.65. The third-order valence-electron chi connectivity index (χ3n) is 3.06. The second-order valence-corrected chi connectivity index (χ2v) is 4.91. The van der Waals surface area contributed by atoms with Crippen LogP contribution in [0.3, 0.4) is 0 Å². The summed E-state index contributed by atoms with van der Waals surface area (Å²) < 4.78 is 5.25. The minimum absolute atomic E-state index is 0.0154. The van der Waals surface area contributed by atoms with Gasteiger partial charge in [-0.05, 0) is 30.7 Å². The largest absolute Gasteiger partial charge is 0.504 e. The van der Waals surface area contributed by atoms with Crippen molar-refractivity contribution in [3.05, 3.63) is 50.3 Å². The van der Waals surface area contributed by atoms with Crippen LogP contribution in [0.5, 0.6) is 11.5 Å². The van der Waals surface area contributed by atoms with E-state index in [1.165, 1.54) is 12.3 Å². The van der Waals surface area contributed by atoms with Crippen molar-refractivity contribution < 1.29 is 14.6 Å². The Morgan fingerprint density at radius 2 is 2.24 bits per heavy atom. The lowest BCUT2D eigenvalue weighted by Gasteiger charge is -2.06. The number of aryl methyl sites for hydroxylation is 1. The monoisotopic (exact) mass is 347 g/mol. The number of aromatic amines is 2. The lowest BCUT2D eigenvalue weighted by atomic mass is 10.2. The quantitative estimate of drug-likeness (QED) is 0.397. The Morgan fingerprint density at radius 3 is 2.96 bits per heavy atom. The maximum absolute atomic E-state index is 11.7. The van der Waals surface area contributed by atoms with Gasteiger partial charge in [0, 0.05) is 12.8 Å². The number of amides is 1. The standard InChI is InChI=1S/C15H17N5O5/c1-2-25-12-7-9(3-5-11(12)21)8-16-19-13(22)6-4-10-14(23)17-15(24)20-18-10/h3,5,7-8,21H,2,4,6H2,1H3,(H,19,22)(H2,17,20,23,24)/b16-8+. The summed E-state index contributed by atoms with van der Waals surface area (Å²) in [6.45, 7) is 2.20. The normalized spacial score (nSPS) is 10.8. The maximum Gasteiger partial charge on any atom is 0.342 e. The van der Waals surface area contributed by atoms with Gasteiger partial charge in [0.25, 0.3) is 5.56 Å². The summed E-state index contributed by atoms with van der Waals surface area (Å²) in [6.07, 6.45) is 1.42. The van der Waals surface area contributed by atoms with Gasteiger partial charge in [0.1, 0.15) is 5.69 Å². The van der Waals surface area contributed by atoms with Crippen molar-refractivity contribution in [3.8, 4) is 11.5 Å². The zero-order valence-electron chi connectivity index (χ0n) is 13.4. The number of ether oxygens (including phenoxy) is 1. The number of phenols is 1. The molecule has 0 fully saturated rings. The summed E-state index contributed by atoms with van der Waals surface area (Å²) in [5.74, 6) is -0.0877. The molecule has 0 aliphatic heterocycles. The highest BCUT2D eigenvalue weighted by molar-refractivity contribution is 5.83. The summed E-state index contributed by atoms with van der Waals surface area (Å²) >= 11 is 0. The van der Waals surface area contributed by atoms with Crippen molar-refractivity contribution in [3.63, 3.8) is 0 Å². The number of H-pyrrole nitrogens is 2. The SMILES string of the molecule is CCOc1cc(/C=N/NC(=O)CCc2n[nH]c(=O)[nH]c2=O)ccc1O. The van der Waals surface area contributed by atoms with Gasteiger partial charge >= 0.3 is 5.69 Å². The molecule has 4 N–H and O–H groups in total. The molecule has 10 heteroatoms. The number of phenolic OH excluding ortho intramolecular Hbond substituents is 1. The minimum atomic E-state index is -0.705. The zero-order chi connectivity index (χ0) is 18.2. The van der Waals surface area contributed by atoms with Crippen LogP contribution in [-0.4, -0.2) is 39.0 Å². The van der Waals surface area contributed by atoms with Crippen LogP contribution < -0.4 is 21.4 Å². The van der Waals surface area contributed by atoms with Crippen molar-refractivity contribution in [1.29, 1.82) is 0 Å². The van der Waals surface area contributed by atoms with Gasteiger partial charge in [-0.1, -0.05) is 0 Å². The first kappa shape index (κ1) is 17.9. The predicted octanol–water partition coefficient (Wildman–Crippen LogP) is -0.355. The van der Waals surface area contributed by atoms with Crippen LogP contribution >= 0.6 is 0 Å². The molecule has 10 nitrogen and oxygen atoms in total. The Balaban J connectivity index is 1.89. The van der Waals surface area contributed by atoms with Crippen LogP contribution in [0.1, 0.15) is 24.6 Å². The highest BCUT2D eigenvalue weighted by Gasteiger charge is 2.06. The van der Waals surface area contributed by atoms with Crippen LogP contribution in [0.15, 0.2) is 32.9 Å². The molecular weight excluding hydrogens is 330 g/mol. The topological polar surface area (TPSA) is 150 Å². The average molecular weight is 347 g/mol. The van der Waals surface area contributed by atoms with E-state index in [2.05, 4.69) is 20.7 Å². The Morgan fingerprint density at radius 1 is 1.44 bits per heavy atom. The number of hydrazone groups is 1. The third kappa shape index (κ3) is 5.30. The third-order valence-corrected chi connectivity index (χ3v) is 3.06. The molecule has 0 unspecified atom stereocenters. The Hall–Kier alpha value is -3.43.